The minimum absolute atomic E-state index is 0.209. The van der Waals surface area contributed by atoms with Crippen LogP contribution in [-0.4, -0.2) is 26.0 Å². The van der Waals surface area contributed by atoms with Gasteiger partial charge in [-0.3, -0.25) is 0 Å². The van der Waals surface area contributed by atoms with Gasteiger partial charge in [0.2, 0.25) is 0 Å². The van der Waals surface area contributed by atoms with Crippen LogP contribution < -0.4 is 4.90 Å². The average Bonchev–Trinajstić information content (AvgIpc) is 2.56. The van der Waals surface area contributed by atoms with Gasteiger partial charge in [-0.2, -0.15) is 0 Å². The third kappa shape index (κ3) is 5.17. The van der Waals surface area contributed by atoms with E-state index >= 15 is 0 Å². The number of nitrogens with zero attached hydrogens (tertiary/aromatic N) is 1. The summed E-state index contributed by atoms with van der Waals surface area (Å²) in [6.07, 6.45) is -0.209. The molecule has 0 aliphatic carbocycles. The summed E-state index contributed by atoms with van der Waals surface area (Å²) in [5.74, 6) is 0. The number of benzene rings is 2. The molecule has 3 nitrogen and oxygen atoms in total. The van der Waals surface area contributed by atoms with Crippen molar-refractivity contribution >= 4 is 5.69 Å². The van der Waals surface area contributed by atoms with Crippen molar-refractivity contribution in [2.45, 2.75) is 26.7 Å². The van der Waals surface area contributed by atoms with Crippen LogP contribution in [0.15, 0.2) is 60.7 Å². The summed E-state index contributed by atoms with van der Waals surface area (Å²) in [4.78, 5) is 2.30. The predicted molar refractivity (Wildman–Crippen MR) is 91.0 cm³/mol. The minimum atomic E-state index is -0.209. The van der Waals surface area contributed by atoms with Crippen molar-refractivity contribution < 1.29 is 9.47 Å². The van der Waals surface area contributed by atoms with E-state index in [2.05, 4.69) is 53.4 Å². The van der Waals surface area contributed by atoms with Crippen molar-refractivity contribution in [3.63, 3.8) is 0 Å². The molecule has 0 radical (unpaired) electrons. The van der Waals surface area contributed by atoms with E-state index in [-0.39, 0.29) is 6.29 Å². The second-order valence-electron chi connectivity index (χ2n) is 5.04. The lowest BCUT2D eigenvalue weighted by atomic mass is 10.2. The number of para-hydroxylation sites is 1. The zero-order valence-corrected chi connectivity index (χ0v) is 13.4. The third-order valence-electron chi connectivity index (χ3n) is 3.41. The highest BCUT2D eigenvalue weighted by molar-refractivity contribution is 5.46. The summed E-state index contributed by atoms with van der Waals surface area (Å²) >= 11 is 0. The van der Waals surface area contributed by atoms with E-state index in [4.69, 9.17) is 9.47 Å². The molecule has 22 heavy (non-hydrogen) atoms. The Morgan fingerprint density at radius 2 is 1.36 bits per heavy atom. The van der Waals surface area contributed by atoms with Crippen molar-refractivity contribution in [2.75, 3.05) is 24.7 Å². The standard InChI is InChI=1S/C19H25NO2/c1-3-21-19(22-4-2)16-20(18-13-9-6-10-14-18)15-17-11-7-5-8-12-17/h5-14,19H,3-4,15-16H2,1-2H3. The molecule has 0 aliphatic heterocycles. The quantitative estimate of drug-likeness (QED) is 0.651. The Kier molecular flexibility index (Phi) is 6.94. The lowest BCUT2D eigenvalue weighted by molar-refractivity contribution is -0.129. The van der Waals surface area contributed by atoms with Crippen LogP contribution in [0.3, 0.4) is 0 Å². The van der Waals surface area contributed by atoms with E-state index in [0.29, 0.717) is 19.8 Å². The summed E-state index contributed by atoms with van der Waals surface area (Å²) in [6, 6.07) is 20.9. The van der Waals surface area contributed by atoms with Gasteiger partial charge in [-0.1, -0.05) is 48.5 Å². The van der Waals surface area contributed by atoms with Crippen LogP contribution in [0.25, 0.3) is 0 Å². The summed E-state index contributed by atoms with van der Waals surface area (Å²) in [7, 11) is 0. The van der Waals surface area contributed by atoms with Crippen molar-refractivity contribution in [1.29, 1.82) is 0 Å². The number of ether oxygens (including phenoxy) is 2. The van der Waals surface area contributed by atoms with Gasteiger partial charge in [-0.05, 0) is 31.5 Å². The molecule has 0 unspecified atom stereocenters. The van der Waals surface area contributed by atoms with Crippen molar-refractivity contribution in [3.8, 4) is 0 Å². The largest absolute Gasteiger partial charge is 0.362 e. The normalized spacial score (nSPS) is 10.9. The molecular weight excluding hydrogens is 274 g/mol. The molecule has 0 bridgehead atoms. The summed E-state index contributed by atoms with van der Waals surface area (Å²) in [5.41, 5.74) is 2.45. The molecule has 2 rings (SSSR count). The molecule has 0 saturated heterocycles. The first-order chi connectivity index (χ1) is 10.8. The van der Waals surface area contributed by atoms with Crippen LogP contribution in [0.5, 0.6) is 0 Å². The minimum Gasteiger partial charge on any atom is -0.362 e. The van der Waals surface area contributed by atoms with Gasteiger partial charge in [-0.15, -0.1) is 0 Å². The SMILES string of the molecule is CCOC(CN(Cc1ccccc1)c1ccccc1)OCC. The second kappa shape index (κ2) is 9.23. The Morgan fingerprint density at radius 3 is 1.91 bits per heavy atom. The number of hydrogen-bond acceptors (Lipinski definition) is 3. The van der Waals surface area contributed by atoms with Gasteiger partial charge < -0.3 is 14.4 Å². The molecule has 2 aromatic rings. The highest BCUT2D eigenvalue weighted by Crippen LogP contribution is 2.18. The van der Waals surface area contributed by atoms with Crippen LogP contribution in [0.4, 0.5) is 5.69 Å². The maximum Gasteiger partial charge on any atom is 0.174 e. The summed E-state index contributed by atoms with van der Waals surface area (Å²) in [6.45, 7) is 6.84. The van der Waals surface area contributed by atoms with E-state index in [9.17, 15) is 0 Å². The van der Waals surface area contributed by atoms with Gasteiger partial charge in [0.05, 0.1) is 6.54 Å². The average molecular weight is 299 g/mol. The summed E-state index contributed by atoms with van der Waals surface area (Å²) < 4.78 is 11.4. The number of anilines is 1. The molecule has 118 valence electrons. The maximum absolute atomic E-state index is 5.71. The van der Waals surface area contributed by atoms with Crippen molar-refractivity contribution in [3.05, 3.63) is 66.2 Å². The Balaban J connectivity index is 2.14. The molecule has 0 fully saturated rings. The molecule has 0 N–H and O–H groups in total. The number of rotatable bonds is 9. The lowest BCUT2D eigenvalue weighted by Gasteiger charge is -2.29. The van der Waals surface area contributed by atoms with Gasteiger partial charge >= 0.3 is 0 Å². The fourth-order valence-electron chi connectivity index (χ4n) is 2.41. The van der Waals surface area contributed by atoms with Gasteiger partial charge in [0.15, 0.2) is 6.29 Å². The summed E-state index contributed by atoms with van der Waals surface area (Å²) in [5, 5.41) is 0. The monoisotopic (exact) mass is 299 g/mol. The van der Waals surface area contributed by atoms with E-state index in [1.807, 2.05) is 26.0 Å². The molecule has 0 heterocycles. The molecule has 0 spiro atoms. The molecule has 3 heteroatoms. The first kappa shape index (κ1) is 16.5. The lowest BCUT2D eigenvalue weighted by Crippen LogP contribution is -2.35. The Morgan fingerprint density at radius 1 is 0.818 bits per heavy atom. The second-order valence-corrected chi connectivity index (χ2v) is 5.04. The van der Waals surface area contributed by atoms with Gasteiger partial charge in [-0.25, -0.2) is 0 Å². The van der Waals surface area contributed by atoms with Gasteiger partial charge in [0.25, 0.3) is 0 Å². The van der Waals surface area contributed by atoms with Gasteiger partial charge in [0, 0.05) is 25.4 Å². The topological polar surface area (TPSA) is 21.7 Å². The first-order valence-electron chi connectivity index (χ1n) is 7.90. The van der Waals surface area contributed by atoms with Gasteiger partial charge in [0.1, 0.15) is 0 Å². The van der Waals surface area contributed by atoms with E-state index in [1.54, 1.807) is 0 Å². The molecular formula is C19H25NO2. The highest BCUT2D eigenvalue weighted by atomic mass is 16.7. The van der Waals surface area contributed by atoms with Crippen molar-refractivity contribution in [1.82, 2.24) is 0 Å². The van der Waals surface area contributed by atoms with Crippen LogP contribution in [0.2, 0.25) is 0 Å². The fraction of sp³-hybridized carbons (Fsp3) is 0.368. The highest BCUT2D eigenvalue weighted by Gasteiger charge is 2.15. The zero-order valence-electron chi connectivity index (χ0n) is 13.4. The fourth-order valence-corrected chi connectivity index (χ4v) is 2.41. The Bertz CT molecular complexity index is 509. The molecule has 0 aromatic heterocycles. The zero-order chi connectivity index (χ0) is 15.6. The molecule has 2 aromatic carbocycles. The maximum atomic E-state index is 5.71. The Hall–Kier alpha value is -1.84. The van der Waals surface area contributed by atoms with Crippen LogP contribution in [-0.2, 0) is 16.0 Å². The van der Waals surface area contributed by atoms with Crippen LogP contribution in [0, 0.1) is 0 Å². The molecule has 0 atom stereocenters. The number of hydrogen-bond donors (Lipinski definition) is 0. The molecule has 0 amide bonds. The first-order valence-corrected chi connectivity index (χ1v) is 7.90. The smallest absolute Gasteiger partial charge is 0.174 e. The molecule has 0 aliphatic rings. The van der Waals surface area contributed by atoms with E-state index in [1.165, 1.54) is 11.3 Å². The molecule has 0 saturated carbocycles. The Labute approximate surface area is 133 Å². The predicted octanol–water partition coefficient (Wildman–Crippen LogP) is 4.09. The van der Waals surface area contributed by atoms with E-state index in [0.717, 1.165) is 6.54 Å². The van der Waals surface area contributed by atoms with E-state index < -0.39 is 0 Å². The van der Waals surface area contributed by atoms with Crippen LogP contribution in [0.1, 0.15) is 19.4 Å². The van der Waals surface area contributed by atoms with Crippen LogP contribution >= 0.6 is 0 Å². The van der Waals surface area contributed by atoms with Crippen molar-refractivity contribution in [2.24, 2.45) is 0 Å². The third-order valence-corrected chi connectivity index (χ3v) is 3.41.